The van der Waals surface area contributed by atoms with Crippen LogP contribution in [0.1, 0.15) is 30.7 Å². The van der Waals surface area contributed by atoms with Gasteiger partial charge in [0, 0.05) is 10.9 Å². The van der Waals surface area contributed by atoms with Gasteiger partial charge in [-0.25, -0.2) is 0 Å². The molecule has 98 valence electrons. The zero-order chi connectivity index (χ0) is 12.7. The Hall–Kier alpha value is -0.420. The number of hydrogen-bond donors (Lipinski definition) is 2. The van der Waals surface area contributed by atoms with Gasteiger partial charge in [0.1, 0.15) is 6.10 Å². The minimum absolute atomic E-state index is 0.163. The van der Waals surface area contributed by atoms with E-state index in [1.165, 1.54) is 0 Å². The zero-order valence-electron chi connectivity index (χ0n) is 11.0. The van der Waals surface area contributed by atoms with E-state index in [9.17, 15) is 5.11 Å². The summed E-state index contributed by atoms with van der Waals surface area (Å²) in [6.07, 6.45) is 1.68. The molecule has 4 heteroatoms. The summed E-state index contributed by atoms with van der Waals surface area (Å²) in [5.41, 5.74) is 0. The molecule has 1 aromatic rings. The van der Waals surface area contributed by atoms with Crippen LogP contribution in [-0.4, -0.2) is 43.2 Å². The molecule has 0 fully saturated rings. The Morgan fingerprint density at radius 1 is 1.47 bits per heavy atom. The van der Waals surface area contributed by atoms with E-state index in [-0.39, 0.29) is 12.1 Å². The molecule has 0 amide bonds. The van der Waals surface area contributed by atoms with Gasteiger partial charge in [-0.1, -0.05) is 13.0 Å². The summed E-state index contributed by atoms with van der Waals surface area (Å²) in [4.78, 5) is 3.23. The third kappa shape index (κ3) is 5.17. The van der Waals surface area contributed by atoms with Crippen LogP contribution in [0, 0.1) is 0 Å². The number of aliphatic hydroxyl groups excluding tert-OH is 1. The van der Waals surface area contributed by atoms with Crippen LogP contribution in [0.5, 0.6) is 0 Å². The molecule has 0 saturated carbocycles. The summed E-state index contributed by atoms with van der Waals surface area (Å²) >= 11 is 1.62. The van der Waals surface area contributed by atoms with Crippen LogP contribution in [0.4, 0.5) is 0 Å². The van der Waals surface area contributed by atoms with E-state index in [4.69, 9.17) is 0 Å². The molecule has 0 aliphatic heterocycles. The quantitative estimate of drug-likeness (QED) is 0.699. The number of rotatable bonds is 8. The second-order valence-corrected chi connectivity index (χ2v) is 5.57. The van der Waals surface area contributed by atoms with Gasteiger partial charge in [-0.05, 0) is 51.5 Å². The SMILES string of the molecule is CCC(NCCCN(C)C)C(O)c1cccs1. The van der Waals surface area contributed by atoms with E-state index >= 15 is 0 Å². The fourth-order valence-corrected chi connectivity index (χ4v) is 2.59. The maximum atomic E-state index is 10.2. The van der Waals surface area contributed by atoms with Crippen LogP contribution in [0.25, 0.3) is 0 Å². The van der Waals surface area contributed by atoms with E-state index < -0.39 is 0 Å². The van der Waals surface area contributed by atoms with Crippen LogP contribution < -0.4 is 5.32 Å². The molecule has 3 nitrogen and oxygen atoms in total. The fourth-order valence-electron chi connectivity index (χ4n) is 1.82. The van der Waals surface area contributed by atoms with Gasteiger partial charge in [-0.3, -0.25) is 0 Å². The molecular formula is C13H24N2OS. The predicted octanol–water partition coefficient (Wildman–Crippen LogP) is 2.10. The first-order chi connectivity index (χ1) is 8.15. The monoisotopic (exact) mass is 256 g/mol. The molecule has 0 spiro atoms. The van der Waals surface area contributed by atoms with Gasteiger partial charge in [0.05, 0.1) is 0 Å². The largest absolute Gasteiger partial charge is 0.386 e. The Morgan fingerprint density at radius 3 is 2.76 bits per heavy atom. The van der Waals surface area contributed by atoms with Gasteiger partial charge in [-0.2, -0.15) is 0 Å². The van der Waals surface area contributed by atoms with Crippen LogP contribution in [0.15, 0.2) is 17.5 Å². The highest BCUT2D eigenvalue weighted by atomic mass is 32.1. The maximum absolute atomic E-state index is 10.2. The normalized spacial score (nSPS) is 15.1. The lowest BCUT2D eigenvalue weighted by Gasteiger charge is -2.22. The minimum atomic E-state index is -0.376. The van der Waals surface area contributed by atoms with E-state index in [1.807, 2.05) is 17.5 Å². The minimum Gasteiger partial charge on any atom is -0.386 e. The summed E-state index contributed by atoms with van der Waals surface area (Å²) in [5.74, 6) is 0. The Labute approximate surface area is 108 Å². The molecule has 17 heavy (non-hydrogen) atoms. The molecule has 0 aliphatic carbocycles. The van der Waals surface area contributed by atoms with Crippen molar-refractivity contribution in [1.29, 1.82) is 0 Å². The molecule has 0 aliphatic rings. The molecule has 2 unspecified atom stereocenters. The van der Waals surface area contributed by atoms with Crippen molar-refractivity contribution in [2.45, 2.75) is 31.9 Å². The molecule has 0 saturated heterocycles. The molecule has 1 aromatic heterocycles. The number of nitrogens with one attached hydrogen (secondary N) is 1. The molecule has 1 rings (SSSR count). The molecule has 0 bridgehead atoms. The first-order valence-corrected chi connectivity index (χ1v) is 7.12. The average Bonchev–Trinajstić information content (AvgIpc) is 2.81. The molecule has 2 atom stereocenters. The maximum Gasteiger partial charge on any atom is 0.103 e. The molecular weight excluding hydrogens is 232 g/mol. The van der Waals surface area contributed by atoms with E-state index in [1.54, 1.807) is 11.3 Å². The lowest BCUT2D eigenvalue weighted by molar-refractivity contribution is 0.129. The number of aliphatic hydroxyl groups is 1. The standard InChI is InChI=1S/C13H24N2OS/c1-4-11(14-8-6-9-15(2)3)13(16)12-7-5-10-17-12/h5,7,10-11,13-14,16H,4,6,8-9H2,1-3H3. The summed E-state index contributed by atoms with van der Waals surface area (Å²) in [6, 6.07) is 4.15. The van der Waals surface area contributed by atoms with Crippen molar-refractivity contribution in [2.24, 2.45) is 0 Å². The summed E-state index contributed by atoms with van der Waals surface area (Å²) in [5, 5.41) is 15.7. The average molecular weight is 256 g/mol. The fraction of sp³-hybridized carbons (Fsp3) is 0.692. The lowest BCUT2D eigenvalue weighted by Crippen LogP contribution is -2.35. The van der Waals surface area contributed by atoms with E-state index in [2.05, 4.69) is 31.2 Å². The second-order valence-electron chi connectivity index (χ2n) is 4.59. The Morgan fingerprint density at radius 2 is 2.24 bits per heavy atom. The van der Waals surface area contributed by atoms with Crippen molar-refractivity contribution >= 4 is 11.3 Å². The summed E-state index contributed by atoms with van der Waals surface area (Å²) in [7, 11) is 4.16. The van der Waals surface area contributed by atoms with Crippen molar-refractivity contribution < 1.29 is 5.11 Å². The molecule has 1 heterocycles. The Bertz CT molecular complexity index is 288. The van der Waals surface area contributed by atoms with Crippen LogP contribution in [0.3, 0.4) is 0 Å². The highest BCUT2D eigenvalue weighted by molar-refractivity contribution is 7.10. The molecule has 0 aromatic carbocycles. The second kappa shape index (κ2) is 7.82. The van der Waals surface area contributed by atoms with Gasteiger partial charge < -0.3 is 15.3 Å². The summed E-state index contributed by atoms with van der Waals surface area (Å²) in [6.45, 7) is 4.15. The number of hydrogen-bond acceptors (Lipinski definition) is 4. The molecule has 2 N–H and O–H groups in total. The number of thiophene rings is 1. The van der Waals surface area contributed by atoms with Gasteiger partial charge >= 0.3 is 0 Å². The van der Waals surface area contributed by atoms with Gasteiger partial charge in [0.15, 0.2) is 0 Å². The van der Waals surface area contributed by atoms with E-state index in [0.717, 1.165) is 30.8 Å². The molecule has 0 radical (unpaired) electrons. The number of nitrogens with zero attached hydrogens (tertiary/aromatic N) is 1. The third-order valence-corrected chi connectivity index (χ3v) is 3.79. The van der Waals surface area contributed by atoms with Gasteiger partial charge in [0.25, 0.3) is 0 Å². The van der Waals surface area contributed by atoms with E-state index in [0.29, 0.717) is 0 Å². The third-order valence-electron chi connectivity index (χ3n) is 2.84. The zero-order valence-corrected chi connectivity index (χ0v) is 11.8. The highest BCUT2D eigenvalue weighted by Crippen LogP contribution is 2.23. The smallest absolute Gasteiger partial charge is 0.103 e. The topological polar surface area (TPSA) is 35.5 Å². The predicted molar refractivity (Wildman–Crippen MR) is 74.5 cm³/mol. The Balaban J connectivity index is 2.33. The first kappa shape index (κ1) is 14.6. The lowest BCUT2D eigenvalue weighted by atomic mass is 10.1. The summed E-state index contributed by atoms with van der Waals surface area (Å²) < 4.78 is 0. The first-order valence-electron chi connectivity index (χ1n) is 6.24. The van der Waals surface area contributed by atoms with Crippen molar-refractivity contribution in [3.63, 3.8) is 0 Å². The van der Waals surface area contributed by atoms with Crippen LogP contribution in [0.2, 0.25) is 0 Å². The van der Waals surface area contributed by atoms with Crippen molar-refractivity contribution in [3.05, 3.63) is 22.4 Å². The van der Waals surface area contributed by atoms with Crippen molar-refractivity contribution in [3.8, 4) is 0 Å². The van der Waals surface area contributed by atoms with Crippen molar-refractivity contribution in [2.75, 3.05) is 27.2 Å². The van der Waals surface area contributed by atoms with Gasteiger partial charge in [0.2, 0.25) is 0 Å². The van der Waals surface area contributed by atoms with Crippen LogP contribution >= 0.6 is 11.3 Å². The Kier molecular flexibility index (Phi) is 6.73. The van der Waals surface area contributed by atoms with Gasteiger partial charge in [-0.15, -0.1) is 11.3 Å². The highest BCUT2D eigenvalue weighted by Gasteiger charge is 2.19. The van der Waals surface area contributed by atoms with Crippen LogP contribution in [-0.2, 0) is 0 Å². The van der Waals surface area contributed by atoms with Crippen molar-refractivity contribution in [1.82, 2.24) is 10.2 Å².